The predicted octanol–water partition coefficient (Wildman–Crippen LogP) is 5.07. The van der Waals surface area contributed by atoms with Crippen molar-refractivity contribution in [2.75, 3.05) is 10.2 Å². The van der Waals surface area contributed by atoms with Gasteiger partial charge in [0.1, 0.15) is 5.69 Å². The van der Waals surface area contributed by atoms with Crippen molar-refractivity contribution in [3.05, 3.63) is 84.2 Å². The number of rotatable bonds is 6. The summed E-state index contributed by atoms with van der Waals surface area (Å²) in [6, 6.07) is 21.8. The van der Waals surface area contributed by atoms with E-state index in [4.69, 9.17) is 0 Å². The highest BCUT2D eigenvalue weighted by Gasteiger charge is 2.21. The molecule has 1 saturated carbocycles. The van der Waals surface area contributed by atoms with Crippen LogP contribution in [0.15, 0.2) is 72.9 Å². The van der Waals surface area contributed by atoms with Gasteiger partial charge in [0.2, 0.25) is 5.95 Å². The molecule has 5 heteroatoms. The molecule has 3 aromatic rings. The van der Waals surface area contributed by atoms with Crippen LogP contribution < -0.4 is 10.2 Å². The number of amides is 1. The van der Waals surface area contributed by atoms with E-state index >= 15 is 0 Å². The van der Waals surface area contributed by atoms with Crippen LogP contribution in [0.5, 0.6) is 0 Å². The molecular formula is C24H26N4O. The van der Waals surface area contributed by atoms with E-state index in [1.54, 1.807) is 17.2 Å². The van der Waals surface area contributed by atoms with Crippen LogP contribution in [0.25, 0.3) is 0 Å². The van der Waals surface area contributed by atoms with Crippen molar-refractivity contribution in [1.29, 1.82) is 0 Å². The number of carbonyl (C=O) groups is 1. The van der Waals surface area contributed by atoms with Crippen LogP contribution in [-0.4, -0.2) is 21.9 Å². The van der Waals surface area contributed by atoms with E-state index in [1.165, 1.54) is 19.3 Å². The Bertz CT molecular complexity index is 924. The molecule has 0 radical (unpaired) electrons. The monoisotopic (exact) mass is 386 g/mol. The van der Waals surface area contributed by atoms with Crippen molar-refractivity contribution in [1.82, 2.24) is 9.97 Å². The minimum Gasteiger partial charge on any atom is -0.351 e. The zero-order valence-corrected chi connectivity index (χ0v) is 16.5. The first-order valence-electron chi connectivity index (χ1n) is 10.3. The van der Waals surface area contributed by atoms with Gasteiger partial charge in [0, 0.05) is 17.9 Å². The minimum absolute atomic E-state index is 0.130. The molecule has 1 aliphatic carbocycles. The smallest absolute Gasteiger partial charge is 0.277 e. The van der Waals surface area contributed by atoms with Gasteiger partial charge in [-0.3, -0.25) is 4.79 Å². The maximum absolute atomic E-state index is 13.4. The standard InChI is InChI=1S/C24H26N4O/c29-23(22-16-17-25-24(27-22)26-20-12-6-2-7-13-20)28(21-14-8-3-9-15-21)18-19-10-4-1-5-11-19/h1,3-5,8-11,14-17,20H,2,6-7,12-13,18H2,(H,25,26,27). The van der Waals surface area contributed by atoms with Crippen molar-refractivity contribution < 1.29 is 4.79 Å². The third kappa shape index (κ3) is 4.99. The van der Waals surface area contributed by atoms with E-state index < -0.39 is 0 Å². The van der Waals surface area contributed by atoms with Gasteiger partial charge in [-0.05, 0) is 36.6 Å². The Morgan fingerprint density at radius 2 is 1.62 bits per heavy atom. The number of hydrogen-bond acceptors (Lipinski definition) is 4. The van der Waals surface area contributed by atoms with Crippen molar-refractivity contribution >= 4 is 17.5 Å². The Morgan fingerprint density at radius 1 is 0.931 bits per heavy atom. The summed E-state index contributed by atoms with van der Waals surface area (Å²) in [5, 5.41) is 3.41. The lowest BCUT2D eigenvalue weighted by atomic mass is 9.96. The average molecular weight is 386 g/mol. The first kappa shape index (κ1) is 19.1. The zero-order valence-electron chi connectivity index (χ0n) is 16.5. The SMILES string of the molecule is O=C(c1ccnc(NC2CCCCC2)n1)N(Cc1ccccc1)c1ccccc1. The summed E-state index contributed by atoms with van der Waals surface area (Å²) in [6.45, 7) is 0.485. The number of benzene rings is 2. The molecule has 1 N–H and O–H groups in total. The maximum atomic E-state index is 13.4. The fourth-order valence-electron chi connectivity index (χ4n) is 3.77. The molecular weight excluding hydrogens is 360 g/mol. The normalized spacial score (nSPS) is 14.3. The molecule has 1 aliphatic rings. The molecule has 29 heavy (non-hydrogen) atoms. The van der Waals surface area contributed by atoms with Crippen LogP contribution >= 0.6 is 0 Å². The molecule has 1 heterocycles. The van der Waals surface area contributed by atoms with Gasteiger partial charge in [-0.2, -0.15) is 0 Å². The van der Waals surface area contributed by atoms with E-state index in [2.05, 4.69) is 15.3 Å². The van der Waals surface area contributed by atoms with Gasteiger partial charge < -0.3 is 10.2 Å². The lowest BCUT2D eigenvalue weighted by molar-refractivity contribution is 0.0980. The summed E-state index contributed by atoms with van der Waals surface area (Å²) in [7, 11) is 0. The number of para-hydroxylation sites is 1. The summed E-state index contributed by atoms with van der Waals surface area (Å²) in [5.74, 6) is 0.407. The van der Waals surface area contributed by atoms with Crippen molar-refractivity contribution in [2.24, 2.45) is 0 Å². The largest absolute Gasteiger partial charge is 0.351 e. The first-order chi connectivity index (χ1) is 14.3. The van der Waals surface area contributed by atoms with E-state index in [1.807, 2.05) is 60.7 Å². The van der Waals surface area contributed by atoms with E-state index in [0.29, 0.717) is 24.2 Å². The van der Waals surface area contributed by atoms with Crippen LogP contribution in [-0.2, 0) is 6.54 Å². The molecule has 0 unspecified atom stereocenters. The van der Waals surface area contributed by atoms with E-state index in [0.717, 1.165) is 24.1 Å². The Labute approximate surface area is 171 Å². The molecule has 0 bridgehead atoms. The summed E-state index contributed by atoms with van der Waals surface area (Å²) in [4.78, 5) is 24.0. The van der Waals surface area contributed by atoms with Gasteiger partial charge in [0.15, 0.2) is 0 Å². The summed E-state index contributed by atoms with van der Waals surface area (Å²) in [6.07, 6.45) is 7.68. The first-order valence-corrected chi connectivity index (χ1v) is 10.3. The topological polar surface area (TPSA) is 58.1 Å². The van der Waals surface area contributed by atoms with Gasteiger partial charge in [-0.1, -0.05) is 67.8 Å². The summed E-state index contributed by atoms with van der Waals surface area (Å²) < 4.78 is 0. The molecule has 0 saturated heterocycles. The van der Waals surface area contributed by atoms with Crippen LogP contribution in [0.3, 0.4) is 0 Å². The number of carbonyl (C=O) groups excluding carboxylic acids is 1. The predicted molar refractivity (Wildman–Crippen MR) is 116 cm³/mol. The molecule has 148 valence electrons. The lowest BCUT2D eigenvalue weighted by Crippen LogP contribution is -2.31. The summed E-state index contributed by atoms with van der Waals surface area (Å²) in [5.41, 5.74) is 2.32. The molecule has 1 fully saturated rings. The number of nitrogens with one attached hydrogen (secondary N) is 1. The third-order valence-electron chi connectivity index (χ3n) is 5.31. The van der Waals surface area contributed by atoms with Crippen LogP contribution in [0.4, 0.5) is 11.6 Å². The van der Waals surface area contributed by atoms with Crippen LogP contribution in [0.2, 0.25) is 0 Å². The number of anilines is 2. The number of nitrogens with zero attached hydrogens (tertiary/aromatic N) is 3. The highest BCUT2D eigenvalue weighted by molar-refractivity contribution is 6.04. The second-order valence-electron chi connectivity index (χ2n) is 7.46. The van der Waals surface area contributed by atoms with Gasteiger partial charge >= 0.3 is 0 Å². The second-order valence-corrected chi connectivity index (χ2v) is 7.46. The highest BCUT2D eigenvalue weighted by atomic mass is 16.2. The average Bonchev–Trinajstić information content (AvgIpc) is 2.79. The highest BCUT2D eigenvalue weighted by Crippen LogP contribution is 2.22. The Hall–Kier alpha value is -3.21. The van der Waals surface area contributed by atoms with Gasteiger partial charge in [0.05, 0.1) is 6.54 Å². The zero-order chi connectivity index (χ0) is 19.9. The van der Waals surface area contributed by atoms with E-state index in [-0.39, 0.29) is 5.91 Å². The van der Waals surface area contributed by atoms with Crippen molar-refractivity contribution in [3.63, 3.8) is 0 Å². The molecule has 0 spiro atoms. The molecule has 4 rings (SSSR count). The fourth-order valence-corrected chi connectivity index (χ4v) is 3.77. The third-order valence-corrected chi connectivity index (χ3v) is 5.31. The fraction of sp³-hybridized carbons (Fsp3) is 0.292. The molecule has 0 atom stereocenters. The maximum Gasteiger partial charge on any atom is 0.277 e. The van der Waals surface area contributed by atoms with Crippen LogP contribution in [0.1, 0.15) is 48.2 Å². The minimum atomic E-state index is -0.130. The van der Waals surface area contributed by atoms with Gasteiger partial charge in [-0.15, -0.1) is 0 Å². The Balaban J connectivity index is 1.57. The van der Waals surface area contributed by atoms with Crippen molar-refractivity contribution in [3.8, 4) is 0 Å². The van der Waals surface area contributed by atoms with Gasteiger partial charge in [-0.25, -0.2) is 9.97 Å². The molecule has 0 aliphatic heterocycles. The summed E-state index contributed by atoms with van der Waals surface area (Å²) >= 11 is 0. The molecule has 2 aromatic carbocycles. The quantitative estimate of drug-likeness (QED) is 0.643. The number of hydrogen-bond donors (Lipinski definition) is 1. The molecule has 5 nitrogen and oxygen atoms in total. The Kier molecular flexibility index (Phi) is 6.15. The van der Waals surface area contributed by atoms with Crippen LogP contribution in [0, 0.1) is 0 Å². The molecule has 1 aromatic heterocycles. The van der Waals surface area contributed by atoms with Crippen molar-refractivity contribution in [2.45, 2.75) is 44.7 Å². The van der Waals surface area contributed by atoms with E-state index in [9.17, 15) is 4.79 Å². The molecule has 1 amide bonds. The lowest BCUT2D eigenvalue weighted by Gasteiger charge is -2.24. The number of aromatic nitrogens is 2. The Morgan fingerprint density at radius 3 is 2.34 bits per heavy atom. The second kappa shape index (κ2) is 9.32. The van der Waals surface area contributed by atoms with Gasteiger partial charge in [0.25, 0.3) is 5.91 Å².